The number of nitrogens with zero attached hydrogens (tertiary/aromatic N) is 4. The minimum Gasteiger partial charge on any atom is -0.346 e. The molecule has 1 heterocycles. The van der Waals surface area contributed by atoms with Gasteiger partial charge in [0.1, 0.15) is 6.54 Å². The van der Waals surface area contributed by atoms with E-state index in [4.69, 9.17) is 0 Å². The number of rotatable bonds is 5. The second kappa shape index (κ2) is 7.20. The standard InChI is InChI=1S/C14H16F3N5OS/c1-8-4-5-11(9(2)6-8)22-13(19-20-21-22)24-10(3)12(23)18-7-14(15,16)17/h4-6,10H,7H2,1-3H3,(H,18,23). The van der Waals surface area contributed by atoms with Gasteiger partial charge >= 0.3 is 6.18 Å². The van der Waals surface area contributed by atoms with Gasteiger partial charge in [-0.15, -0.1) is 5.10 Å². The van der Waals surface area contributed by atoms with Gasteiger partial charge in [0.15, 0.2) is 0 Å². The maximum absolute atomic E-state index is 12.2. The molecule has 1 N–H and O–H groups in total. The van der Waals surface area contributed by atoms with Crippen molar-refractivity contribution < 1.29 is 18.0 Å². The van der Waals surface area contributed by atoms with E-state index < -0.39 is 23.9 Å². The van der Waals surface area contributed by atoms with Gasteiger partial charge in [-0.25, -0.2) is 0 Å². The molecule has 10 heteroatoms. The Hall–Kier alpha value is -2.10. The maximum Gasteiger partial charge on any atom is 0.405 e. The Bertz CT molecular complexity index is 731. The van der Waals surface area contributed by atoms with Gasteiger partial charge < -0.3 is 5.32 Å². The molecule has 24 heavy (non-hydrogen) atoms. The summed E-state index contributed by atoms with van der Waals surface area (Å²) in [5.41, 5.74) is 2.77. The molecule has 0 radical (unpaired) electrons. The zero-order valence-electron chi connectivity index (χ0n) is 13.3. The molecule has 0 saturated heterocycles. The van der Waals surface area contributed by atoms with Crippen LogP contribution in [0, 0.1) is 13.8 Å². The third-order valence-electron chi connectivity index (χ3n) is 3.14. The molecule has 1 amide bonds. The van der Waals surface area contributed by atoms with Crippen molar-refractivity contribution in [3.8, 4) is 5.69 Å². The van der Waals surface area contributed by atoms with Gasteiger partial charge in [0.2, 0.25) is 11.1 Å². The first-order valence-electron chi connectivity index (χ1n) is 7.04. The summed E-state index contributed by atoms with van der Waals surface area (Å²) in [7, 11) is 0. The fourth-order valence-corrected chi connectivity index (χ4v) is 2.81. The van der Waals surface area contributed by atoms with Crippen LogP contribution >= 0.6 is 11.8 Å². The van der Waals surface area contributed by atoms with E-state index >= 15 is 0 Å². The number of carbonyl (C=O) groups is 1. The monoisotopic (exact) mass is 359 g/mol. The SMILES string of the molecule is Cc1ccc(-n2nnnc2SC(C)C(=O)NCC(F)(F)F)c(C)c1. The molecule has 0 saturated carbocycles. The molecular weight excluding hydrogens is 343 g/mol. The van der Waals surface area contributed by atoms with Crippen molar-refractivity contribution in [1.29, 1.82) is 0 Å². The Morgan fingerprint density at radius 3 is 2.71 bits per heavy atom. The lowest BCUT2D eigenvalue weighted by molar-refractivity contribution is -0.137. The van der Waals surface area contributed by atoms with Gasteiger partial charge in [0.25, 0.3) is 0 Å². The largest absolute Gasteiger partial charge is 0.405 e. The summed E-state index contributed by atoms with van der Waals surface area (Å²) >= 11 is 0.991. The van der Waals surface area contributed by atoms with Gasteiger partial charge in [-0.05, 0) is 42.8 Å². The smallest absolute Gasteiger partial charge is 0.346 e. The summed E-state index contributed by atoms with van der Waals surface area (Å²) in [4.78, 5) is 11.8. The highest BCUT2D eigenvalue weighted by molar-refractivity contribution is 8.00. The molecule has 2 rings (SSSR count). The number of alkyl halides is 3. The molecule has 1 aromatic heterocycles. The van der Waals surface area contributed by atoms with Crippen molar-refractivity contribution in [2.75, 3.05) is 6.54 Å². The van der Waals surface area contributed by atoms with Gasteiger partial charge in [0.05, 0.1) is 10.9 Å². The van der Waals surface area contributed by atoms with E-state index in [0.29, 0.717) is 5.16 Å². The summed E-state index contributed by atoms with van der Waals surface area (Å²) in [5.74, 6) is -0.729. The Morgan fingerprint density at radius 2 is 2.08 bits per heavy atom. The van der Waals surface area contributed by atoms with Crippen LogP contribution in [0.3, 0.4) is 0 Å². The van der Waals surface area contributed by atoms with Crippen LogP contribution in [0.15, 0.2) is 23.4 Å². The molecule has 1 unspecified atom stereocenters. The number of carbonyl (C=O) groups excluding carboxylic acids is 1. The molecule has 0 aliphatic rings. The van der Waals surface area contributed by atoms with Gasteiger partial charge in [0, 0.05) is 0 Å². The van der Waals surface area contributed by atoms with E-state index in [-0.39, 0.29) is 0 Å². The normalized spacial score (nSPS) is 12.9. The Labute approximate surface area is 140 Å². The first kappa shape index (κ1) is 18.2. The average molecular weight is 359 g/mol. The van der Waals surface area contributed by atoms with E-state index in [9.17, 15) is 18.0 Å². The van der Waals surface area contributed by atoms with E-state index in [1.165, 1.54) is 11.6 Å². The fraction of sp³-hybridized carbons (Fsp3) is 0.429. The second-order valence-electron chi connectivity index (χ2n) is 5.26. The molecule has 0 aliphatic carbocycles. The van der Waals surface area contributed by atoms with Crippen LogP contribution in [0.1, 0.15) is 18.1 Å². The topological polar surface area (TPSA) is 72.7 Å². The highest BCUT2D eigenvalue weighted by Gasteiger charge is 2.29. The number of aryl methyl sites for hydroxylation is 2. The number of hydrogen-bond acceptors (Lipinski definition) is 5. The Balaban J connectivity index is 2.11. The quantitative estimate of drug-likeness (QED) is 0.830. The van der Waals surface area contributed by atoms with E-state index in [0.717, 1.165) is 28.6 Å². The molecule has 0 aliphatic heterocycles. The number of aromatic nitrogens is 4. The van der Waals surface area contributed by atoms with Gasteiger partial charge in [-0.3, -0.25) is 4.79 Å². The third-order valence-corrected chi connectivity index (χ3v) is 4.17. The van der Waals surface area contributed by atoms with E-state index in [2.05, 4.69) is 15.5 Å². The number of tetrazole rings is 1. The predicted octanol–water partition coefficient (Wildman–Crippen LogP) is 2.44. The first-order valence-corrected chi connectivity index (χ1v) is 7.92. The zero-order valence-corrected chi connectivity index (χ0v) is 14.1. The predicted molar refractivity (Wildman–Crippen MR) is 83.0 cm³/mol. The highest BCUT2D eigenvalue weighted by Crippen LogP contribution is 2.25. The van der Waals surface area contributed by atoms with Gasteiger partial charge in [-0.1, -0.05) is 29.5 Å². The summed E-state index contributed by atoms with van der Waals surface area (Å²) in [6.07, 6.45) is -4.44. The van der Waals surface area contributed by atoms with Gasteiger partial charge in [-0.2, -0.15) is 17.9 Å². The van der Waals surface area contributed by atoms with Crippen molar-refractivity contribution in [3.05, 3.63) is 29.3 Å². The molecule has 2 aromatic rings. The van der Waals surface area contributed by atoms with Crippen LogP contribution in [0.2, 0.25) is 0 Å². The molecule has 0 bridgehead atoms. The highest BCUT2D eigenvalue weighted by atomic mass is 32.2. The molecule has 6 nitrogen and oxygen atoms in total. The minimum absolute atomic E-state index is 0.330. The lowest BCUT2D eigenvalue weighted by Crippen LogP contribution is -2.38. The van der Waals surface area contributed by atoms with E-state index in [1.807, 2.05) is 37.4 Å². The van der Waals surface area contributed by atoms with Crippen molar-refractivity contribution in [1.82, 2.24) is 25.5 Å². The summed E-state index contributed by atoms with van der Waals surface area (Å²) in [5, 5.41) is 12.7. The number of nitrogens with one attached hydrogen (secondary N) is 1. The van der Waals surface area contributed by atoms with Crippen LogP contribution in [-0.2, 0) is 4.79 Å². The molecular formula is C14H16F3N5OS. The minimum atomic E-state index is -4.44. The van der Waals surface area contributed by atoms with Crippen molar-refractivity contribution >= 4 is 17.7 Å². The fourth-order valence-electron chi connectivity index (χ4n) is 1.99. The Kier molecular flexibility index (Phi) is 5.47. The van der Waals surface area contributed by atoms with Crippen LogP contribution in [0.4, 0.5) is 13.2 Å². The molecule has 130 valence electrons. The molecule has 1 atom stereocenters. The summed E-state index contributed by atoms with van der Waals surface area (Å²) < 4.78 is 37.9. The van der Waals surface area contributed by atoms with Crippen LogP contribution in [0.5, 0.6) is 0 Å². The molecule has 1 aromatic carbocycles. The van der Waals surface area contributed by atoms with Crippen molar-refractivity contribution in [2.24, 2.45) is 0 Å². The van der Waals surface area contributed by atoms with Crippen molar-refractivity contribution in [3.63, 3.8) is 0 Å². The number of benzene rings is 1. The zero-order chi connectivity index (χ0) is 17.9. The lowest BCUT2D eigenvalue weighted by atomic mass is 10.1. The number of thioether (sulfide) groups is 1. The molecule has 0 spiro atoms. The second-order valence-corrected chi connectivity index (χ2v) is 6.56. The first-order chi connectivity index (χ1) is 11.2. The summed E-state index contributed by atoms with van der Waals surface area (Å²) in [6, 6.07) is 5.71. The van der Waals surface area contributed by atoms with Crippen LogP contribution in [-0.4, -0.2) is 44.1 Å². The lowest BCUT2D eigenvalue weighted by Gasteiger charge is -2.13. The number of amides is 1. The summed E-state index contributed by atoms with van der Waals surface area (Å²) in [6.45, 7) is 3.99. The van der Waals surface area contributed by atoms with E-state index in [1.54, 1.807) is 0 Å². The van der Waals surface area contributed by atoms with Crippen molar-refractivity contribution in [2.45, 2.75) is 37.4 Å². The van der Waals surface area contributed by atoms with Crippen LogP contribution < -0.4 is 5.32 Å². The third kappa shape index (κ3) is 4.70. The Morgan fingerprint density at radius 1 is 1.38 bits per heavy atom. The molecule has 0 fully saturated rings. The maximum atomic E-state index is 12.2. The number of halogens is 3. The number of hydrogen-bond donors (Lipinski definition) is 1. The average Bonchev–Trinajstić information content (AvgIpc) is 2.92. The van der Waals surface area contributed by atoms with Crippen LogP contribution in [0.25, 0.3) is 5.69 Å².